The molecule has 7 rings (SSSR count). The van der Waals surface area contributed by atoms with Crippen LogP contribution >= 0.6 is 23.1 Å². The number of amides is 3. The quantitative estimate of drug-likeness (QED) is 0.0784. The Morgan fingerprint density at radius 1 is 0.962 bits per heavy atom. The first-order chi connectivity index (χ1) is 25.8. The molecule has 9 nitrogen and oxygen atoms in total. The molecule has 4 N–H and O–H groups in total. The van der Waals surface area contributed by atoms with Crippen LogP contribution in [0.15, 0.2) is 126 Å². The summed E-state index contributed by atoms with van der Waals surface area (Å²) in [6.07, 6.45) is 4.20. The number of thiophene rings is 1. The van der Waals surface area contributed by atoms with Crippen molar-refractivity contribution in [2.75, 3.05) is 17.2 Å². The molecule has 11 heteroatoms. The van der Waals surface area contributed by atoms with E-state index in [9.17, 15) is 19.6 Å². The van der Waals surface area contributed by atoms with Gasteiger partial charge in [0.15, 0.2) is 0 Å². The van der Waals surface area contributed by atoms with Gasteiger partial charge >= 0.3 is 0 Å². The standard InChI is InChI=1S/C42H36N6O3S2/c1-27(39(49)47-42-35(23-43)34-19-20-48(26-38(34)53-42)25-28-11-4-2-5-12-28)52-32-16-10-15-31(22-32)45-41(51)37(46-40(50)29-13-6-3-7-14-29)21-30-24-44-36-18-9-8-17-33(30)36/h2-18,21-22,24,27,44H,19-20,25-26H2,1H3,(H,45,51)(H,46,50)(H,47,49)/b37-21-. The summed E-state index contributed by atoms with van der Waals surface area (Å²) in [7, 11) is 0. The molecule has 0 fully saturated rings. The molecule has 6 aromatic rings. The number of benzene rings is 4. The average Bonchev–Trinajstić information content (AvgIpc) is 3.75. The number of rotatable bonds is 11. The van der Waals surface area contributed by atoms with Gasteiger partial charge in [-0.1, -0.05) is 72.8 Å². The van der Waals surface area contributed by atoms with Gasteiger partial charge in [0.05, 0.1) is 10.8 Å². The topological polar surface area (TPSA) is 130 Å². The summed E-state index contributed by atoms with van der Waals surface area (Å²) in [6, 6.07) is 36.3. The summed E-state index contributed by atoms with van der Waals surface area (Å²) in [5.41, 5.74) is 5.48. The van der Waals surface area contributed by atoms with E-state index in [0.717, 1.165) is 57.9 Å². The highest BCUT2D eigenvalue weighted by Gasteiger charge is 2.27. The van der Waals surface area contributed by atoms with Crippen molar-refractivity contribution in [1.29, 1.82) is 5.26 Å². The lowest BCUT2D eigenvalue weighted by atomic mass is 10.0. The fraction of sp³-hybridized carbons (Fsp3) is 0.143. The molecule has 2 aromatic heterocycles. The molecule has 3 heterocycles. The maximum Gasteiger partial charge on any atom is 0.272 e. The molecular formula is C42H36N6O3S2. The largest absolute Gasteiger partial charge is 0.361 e. The molecule has 0 spiro atoms. The van der Waals surface area contributed by atoms with Crippen molar-refractivity contribution in [3.8, 4) is 6.07 Å². The molecule has 0 radical (unpaired) electrons. The van der Waals surface area contributed by atoms with Crippen LogP contribution in [0.3, 0.4) is 0 Å². The lowest BCUT2D eigenvalue weighted by molar-refractivity contribution is -0.115. The van der Waals surface area contributed by atoms with Crippen molar-refractivity contribution in [1.82, 2.24) is 15.2 Å². The molecule has 1 unspecified atom stereocenters. The molecule has 1 aliphatic rings. The van der Waals surface area contributed by atoms with Crippen LogP contribution < -0.4 is 16.0 Å². The van der Waals surface area contributed by atoms with Crippen LogP contribution in [0.2, 0.25) is 0 Å². The Morgan fingerprint density at radius 2 is 1.72 bits per heavy atom. The zero-order valence-corrected chi connectivity index (χ0v) is 30.5. The van der Waals surface area contributed by atoms with E-state index in [4.69, 9.17) is 0 Å². The third-order valence-electron chi connectivity index (χ3n) is 8.96. The number of aromatic nitrogens is 1. The molecule has 3 amide bonds. The van der Waals surface area contributed by atoms with Gasteiger partial charge in [0.1, 0.15) is 16.8 Å². The highest BCUT2D eigenvalue weighted by Crippen LogP contribution is 2.38. The molecule has 4 aromatic carbocycles. The van der Waals surface area contributed by atoms with Crippen LogP contribution in [0.1, 0.15) is 44.4 Å². The van der Waals surface area contributed by atoms with Crippen molar-refractivity contribution in [2.24, 2.45) is 0 Å². The number of nitrogens with one attached hydrogen (secondary N) is 4. The van der Waals surface area contributed by atoms with Crippen molar-refractivity contribution >= 4 is 68.5 Å². The average molecular weight is 737 g/mol. The molecule has 53 heavy (non-hydrogen) atoms. The Balaban J connectivity index is 1.03. The Hall–Kier alpha value is -5.93. The van der Waals surface area contributed by atoms with Crippen molar-refractivity contribution in [2.45, 2.75) is 36.6 Å². The van der Waals surface area contributed by atoms with Gasteiger partial charge in [0.25, 0.3) is 11.8 Å². The summed E-state index contributed by atoms with van der Waals surface area (Å²) < 4.78 is 0. The van der Waals surface area contributed by atoms with Crippen LogP contribution in [0.4, 0.5) is 10.7 Å². The Kier molecular flexibility index (Phi) is 10.8. The Bertz CT molecular complexity index is 2360. The second kappa shape index (κ2) is 16.2. The zero-order valence-electron chi connectivity index (χ0n) is 28.9. The number of thioether (sulfide) groups is 1. The third-order valence-corrected chi connectivity index (χ3v) is 11.2. The van der Waals surface area contributed by atoms with Gasteiger partial charge in [0.2, 0.25) is 5.91 Å². The van der Waals surface area contributed by atoms with E-state index in [0.29, 0.717) is 21.8 Å². The van der Waals surface area contributed by atoms with Gasteiger partial charge in [-0.15, -0.1) is 23.1 Å². The van der Waals surface area contributed by atoms with Gasteiger partial charge in [-0.25, -0.2) is 0 Å². The number of fused-ring (bicyclic) bond motifs is 2. The second-order valence-electron chi connectivity index (χ2n) is 12.7. The van der Waals surface area contributed by atoms with E-state index in [-0.39, 0.29) is 11.6 Å². The van der Waals surface area contributed by atoms with Crippen molar-refractivity contribution in [3.63, 3.8) is 0 Å². The first-order valence-electron chi connectivity index (χ1n) is 17.2. The summed E-state index contributed by atoms with van der Waals surface area (Å²) in [6.45, 7) is 4.23. The first kappa shape index (κ1) is 35.5. The van der Waals surface area contributed by atoms with Crippen LogP contribution in [-0.2, 0) is 29.1 Å². The van der Waals surface area contributed by atoms with Gasteiger partial charge in [-0.05, 0) is 66.9 Å². The number of anilines is 2. The number of nitriles is 1. The maximum absolute atomic E-state index is 13.7. The normalized spacial score (nSPS) is 13.5. The highest BCUT2D eigenvalue weighted by atomic mass is 32.2. The summed E-state index contributed by atoms with van der Waals surface area (Å²) >= 11 is 2.82. The monoisotopic (exact) mass is 736 g/mol. The number of hydrogen-bond donors (Lipinski definition) is 4. The zero-order chi connectivity index (χ0) is 36.7. The molecule has 0 saturated heterocycles. The molecule has 0 bridgehead atoms. The molecule has 0 aliphatic carbocycles. The lowest BCUT2D eigenvalue weighted by Crippen LogP contribution is -2.30. The highest BCUT2D eigenvalue weighted by molar-refractivity contribution is 8.00. The van der Waals surface area contributed by atoms with Crippen molar-refractivity contribution < 1.29 is 14.4 Å². The van der Waals surface area contributed by atoms with Crippen LogP contribution in [0.25, 0.3) is 17.0 Å². The number of hydrogen-bond acceptors (Lipinski definition) is 7. The predicted octanol–water partition coefficient (Wildman–Crippen LogP) is 8.19. The SMILES string of the molecule is CC(Sc1cccc(NC(=O)/C(=C/c2c[nH]c3ccccc23)NC(=O)c2ccccc2)c1)C(=O)Nc1sc2c(c1C#N)CCN(Cc1ccccc1)C2. The first-order valence-corrected chi connectivity index (χ1v) is 18.9. The van der Waals surface area contributed by atoms with Crippen LogP contribution in [0.5, 0.6) is 0 Å². The van der Waals surface area contributed by atoms with Gasteiger partial charge < -0.3 is 20.9 Å². The fourth-order valence-corrected chi connectivity index (χ4v) is 8.44. The lowest BCUT2D eigenvalue weighted by Gasteiger charge is -2.26. The van der Waals surface area contributed by atoms with Crippen molar-refractivity contribution in [3.05, 3.63) is 154 Å². The number of carbonyl (C=O) groups excluding carboxylic acids is 3. The molecular weight excluding hydrogens is 701 g/mol. The van der Waals surface area contributed by atoms with E-state index in [2.05, 4.69) is 44.0 Å². The van der Waals surface area contributed by atoms with E-state index in [1.165, 1.54) is 28.7 Å². The second-order valence-corrected chi connectivity index (χ2v) is 15.2. The minimum Gasteiger partial charge on any atom is -0.361 e. The van der Waals surface area contributed by atoms with Gasteiger partial charge in [0, 0.05) is 63.3 Å². The maximum atomic E-state index is 13.7. The summed E-state index contributed by atoms with van der Waals surface area (Å²) in [4.78, 5) is 47.8. The van der Waals surface area contributed by atoms with Gasteiger partial charge in [-0.2, -0.15) is 5.26 Å². The predicted molar refractivity (Wildman–Crippen MR) is 212 cm³/mol. The fourth-order valence-electron chi connectivity index (χ4n) is 6.27. The summed E-state index contributed by atoms with van der Waals surface area (Å²) in [5.74, 6) is -1.12. The van der Waals surface area contributed by atoms with E-state index >= 15 is 0 Å². The number of nitrogens with zero attached hydrogens (tertiary/aromatic N) is 2. The molecule has 1 aliphatic heterocycles. The van der Waals surface area contributed by atoms with E-state index in [1.807, 2.05) is 61.5 Å². The number of H-pyrrole nitrogens is 1. The van der Waals surface area contributed by atoms with Crippen LogP contribution in [-0.4, -0.2) is 39.4 Å². The summed E-state index contributed by atoms with van der Waals surface area (Å²) in [5, 5.41) is 19.8. The third kappa shape index (κ3) is 8.42. The number of carbonyl (C=O) groups is 3. The molecule has 1 atom stereocenters. The Morgan fingerprint density at radius 3 is 2.51 bits per heavy atom. The van der Waals surface area contributed by atoms with E-state index in [1.54, 1.807) is 54.7 Å². The number of para-hydroxylation sites is 1. The van der Waals surface area contributed by atoms with E-state index < -0.39 is 17.1 Å². The minimum absolute atomic E-state index is 0.0736. The minimum atomic E-state index is -0.500. The Labute approximate surface area is 315 Å². The number of aromatic amines is 1. The van der Waals surface area contributed by atoms with Crippen LogP contribution in [0, 0.1) is 11.3 Å². The molecule has 264 valence electrons. The molecule has 0 saturated carbocycles. The van der Waals surface area contributed by atoms with Gasteiger partial charge in [-0.3, -0.25) is 19.3 Å². The smallest absolute Gasteiger partial charge is 0.272 e.